The van der Waals surface area contributed by atoms with Crippen LogP contribution in [0.3, 0.4) is 0 Å². The molecule has 0 saturated carbocycles. The minimum Gasteiger partial charge on any atom is -0.384 e. The Labute approximate surface area is 106 Å². The van der Waals surface area contributed by atoms with Crippen molar-refractivity contribution in [2.45, 2.75) is 12.6 Å². The minimum absolute atomic E-state index is 0.371. The van der Waals surface area contributed by atoms with E-state index in [9.17, 15) is 13.2 Å². The summed E-state index contributed by atoms with van der Waals surface area (Å²) in [7, 11) is 3.73. The van der Waals surface area contributed by atoms with E-state index in [0.717, 1.165) is 12.3 Å². The summed E-state index contributed by atoms with van der Waals surface area (Å²) < 4.78 is 37.5. The number of hydrogen-bond donors (Lipinski definition) is 0. The number of alkyl halides is 3. The van der Waals surface area contributed by atoms with E-state index in [1.165, 1.54) is 0 Å². The van der Waals surface area contributed by atoms with Crippen LogP contribution in [0.1, 0.15) is 11.3 Å². The molecule has 17 heavy (non-hydrogen) atoms. The molecule has 0 aromatic carbocycles. The number of hydrogen-bond acceptors (Lipinski definition) is 2. The highest BCUT2D eigenvalue weighted by Crippen LogP contribution is 2.31. The molecular weight excluding hydrogens is 297 g/mol. The van der Waals surface area contributed by atoms with Crippen LogP contribution in [-0.4, -0.2) is 24.0 Å². The molecule has 0 spiro atoms. The lowest BCUT2D eigenvalue weighted by atomic mass is 10.2. The van der Waals surface area contributed by atoms with Crippen LogP contribution in [0.15, 0.2) is 29.0 Å². The summed E-state index contributed by atoms with van der Waals surface area (Å²) in [6, 6.07) is 1.05. The molecule has 0 aliphatic heterocycles. The number of pyridine rings is 1. The summed E-state index contributed by atoms with van der Waals surface area (Å²) in [6.07, 6.45) is 0.639. The fourth-order valence-corrected chi connectivity index (χ4v) is 1.66. The molecule has 0 fully saturated rings. The van der Waals surface area contributed by atoms with Crippen molar-refractivity contribution < 1.29 is 13.2 Å². The monoisotopic (exact) mass is 308 g/mol. The molecule has 0 aliphatic carbocycles. The Balaban J connectivity index is 2.84. The zero-order valence-electron chi connectivity index (χ0n) is 9.42. The standard InChI is InChI=1S/C11H12BrF3N2/c1-17(2)5-3-4-10-9(12)6-8(7-16-10)11(13,14)15/h3,5-7H,4H2,1-2H3. The summed E-state index contributed by atoms with van der Waals surface area (Å²) >= 11 is 3.10. The maximum Gasteiger partial charge on any atom is 0.417 e. The Kier molecular flexibility index (Phi) is 4.56. The van der Waals surface area contributed by atoms with Gasteiger partial charge in [0.1, 0.15) is 0 Å². The van der Waals surface area contributed by atoms with Gasteiger partial charge in [-0.3, -0.25) is 4.98 Å². The minimum atomic E-state index is -4.35. The van der Waals surface area contributed by atoms with Crippen molar-refractivity contribution >= 4 is 15.9 Å². The van der Waals surface area contributed by atoms with Crippen LogP contribution in [-0.2, 0) is 12.6 Å². The van der Waals surface area contributed by atoms with Gasteiger partial charge in [0.25, 0.3) is 0 Å². The molecule has 0 bridgehead atoms. The van der Waals surface area contributed by atoms with Crippen LogP contribution >= 0.6 is 15.9 Å². The first-order valence-corrected chi connectivity index (χ1v) is 5.64. The van der Waals surface area contributed by atoms with E-state index in [4.69, 9.17) is 0 Å². The molecule has 1 rings (SSSR count). The van der Waals surface area contributed by atoms with Gasteiger partial charge in [0.15, 0.2) is 0 Å². The summed E-state index contributed by atoms with van der Waals surface area (Å²) in [5.74, 6) is 0. The third-order valence-electron chi connectivity index (χ3n) is 1.96. The average molecular weight is 309 g/mol. The van der Waals surface area contributed by atoms with E-state index < -0.39 is 11.7 Å². The molecule has 0 amide bonds. The van der Waals surface area contributed by atoms with E-state index in [1.807, 2.05) is 31.3 Å². The molecule has 2 nitrogen and oxygen atoms in total. The SMILES string of the molecule is CN(C)C=CCc1ncc(C(F)(F)F)cc1Br. The molecule has 0 atom stereocenters. The zero-order valence-corrected chi connectivity index (χ0v) is 11.0. The lowest BCUT2D eigenvalue weighted by Crippen LogP contribution is -2.06. The van der Waals surface area contributed by atoms with Crippen molar-refractivity contribution in [3.05, 3.63) is 40.3 Å². The van der Waals surface area contributed by atoms with Crippen LogP contribution in [0.4, 0.5) is 13.2 Å². The van der Waals surface area contributed by atoms with E-state index in [2.05, 4.69) is 20.9 Å². The van der Waals surface area contributed by atoms with Gasteiger partial charge in [-0.15, -0.1) is 0 Å². The fourth-order valence-electron chi connectivity index (χ4n) is 1.15. The lowest BCUT2D eigenvalue weighted by molar-refractivity contribution is -0.137. The van der Waals surface area contributed by atoms with Crippen LogP contribution in [0.5, 0.6) is 0 Å². The van der Waals surface area contributed by atoms with Crippen LogP contribution < -0.4 is 0 Å². The Bertz CT molecular complexity index is 414. The van der Waals surface area contributed by atoms with Crippen molar-refractivity contribution in [3.8, 4) is 0 Å². The van der Waals surface area contributed by atoms with Gasteiger partial charge in [0, 0.05) is 31.2 Å². The average Bonchev–Trinajstić information content (AvgIpc) is 2.18. The molecule has 0 radical (unpaired) electrons. The predicted octanol–water partition coefficient (Wildman–Crippen LogP) is 3.48. The van der Waals surface area contributed by atoms with Gasteiger partial charge < -0.3 is 4.90 Å². The van der Waals surface area contributed by atoms with Gasteiger partial charge >= 0.3 is 6.18 Å². The normalized spacial score (nSPS) is 12.1. The molecule has 1 heterocycles. The van der Waals surface area contributed by atoms with Gasteiger partial charge in [0.05, 0.1) is 11.3 Å². The highest BCUT2D eigenvalue weighted by molar-refractivity contribution is 9.10. The third-order valence-corrected chi connectivity index (χ3v) is 2.65. The van der Waals surface area contributed by atoms with Crippen LogP contribution in [0.25, 0.3) is 0 Å². The van der Waals surface area contributed by atoms with E-state index >= 15 is 0 Å². The summed E-state index contributed by atoms with van der Waals surface area (Å²) in [6.45, 7) is 0. The molecular formula is C11H12BrF3N2. The summed E-state index contributed by atoms with van der Waals surface area (Å²) in [5.41, 5.74) is -0.166. The molecule has 0 saturated heterocycles. The fraction of sp³-hybridized carbons (Fsp3) is 0.364. The smallest absolute Gasteiger partial charge is 0.384 e. The number of rotatable bonds is 3. The van der Waals surface area contributed by atoms with Crippen LogP contribution in [0, 0.1) is 0 Å². The molecule has 0 unspecified atom stereocenters. The summed E-state index contributed by atoms with van der Waals surface area (Å²) in [5, 5.41) is 0. The predicted molar refractivity (Wildman–Crippen MR) is 63.5 cm³/mol. The van der Waals surface area contributed by atoms with Crippen LogP contribution in [0.2, 0.25) is 0 Å². The Morgan fingerprint density at radius 3 is 2.53 bits per heavy atom. The first-order valence-electron chi connectivity index (χ1n) is 4.85. The number of halogens is 4. The second-order valence-electron chi connectivity index (χ2n) is 3.70. The first-order chi connectivity index (χ1) is 7.80. The Morgan fingerprint density at radius 1 is 1.41 bits per heavy atom. The van der Waals surface area contributed by atoms with Gasteiger partial charge in [-0.2, -0.15) is 13.2 Å². The Hall–Kier alpha value is -1.04. The van der Waals surface area contributed by atoms with E-state index in [-0.39, 0.29) is 0 Å². The summed E-state index contributed by atoms with van der Waals surface area (Å²) in [4.78, 5) is 5.65. The van der Waals surface area contributed by atoms with Crippen molar-refractivity contribution in [3.63, 3.8) is 0 Å². The van der Waals surface area contributed by atoms with Gasteiger partial charge in [-0.1, -0.05) is 6.08 Å². The largest absolute Gasteiger partial charge is 0.417 e. The molecule has 1 aromatic heterocycles. The second kappa shape index (κ2) is 5.53. The maximum atomic E-state index is 12.4. The zero-order chi connectivity index (χ0) is 13.1. The van der Waals surface area contributed by atoms with Gasteiger partial charge in [-0.25, -0.2) is 0 Å². The molecule has 6 heteroatoms. The first kappa shape index (κ1) is 14.0. The van der Waals surface area contributed by atoms with E-state index in [0.29, 0.717) is 16.6 Å². The van der Waals surface area contributed by atoms with Gasteiger partial charge in [0.2, 0.25) is 0 Å². The van der Waals surface area contributed by atoms with Crippen molar-refractivity contribution in [1.29, 1.82) is 0 Å². The van der Waals surface area contributed by atoms with Crippen molar-refractivity contribution in [2.24, 2.45) is 0 Å². The van der Waals surface area contributed by atoms with Crippen molar-refractivity contribution in [1.82, 2.24) is 9.88 Å². The molecule has 0 N–H and O–H groups in total. The second-order valence-corrected chi connectivity index (χ2v) is 4.56. The highest BCUT2D eigenvalue weighted by Gasteiger charge is 2.31. The third kappa shape index (κ3) is 4.38. The highest BCUT2D eigenvalue weighted by atomic mass is 79.9. The van der Waals surface area contributed by atoms with Crippen molar-refractivity contribution in [2.75, 3.05) is 14.1 Å². The molecule has 1 aromatic rings. The number of nitrogens with zero attached hydrogens (tertiary/aromatic N) is 2. The maximum absolute atomic E-state index is 12.4. The van der Waals surface area contributed by atoms with E-state index in [1.54, 1.807) is 0 Å². The number of aromatic nitrogens is 1. The number of allylic oxidation sites excluding steroid dienone is 1. The topological polar surface area (TPSA) is 16.1 Å². The Morgan fingerprint density at radius 2 is 2.06 bits per heavy atom. The quantitative estimate of drug-likeness (QED) is 0.850. The molecule has 94 valence electrons. The molecule has 0 aliphatic rings. The van der Waals surface area contributed by atoms with Gasteiger partial charge in [-0.05, 0) is 28.2 Å². The lowest BCUT2D eigenvalue weighted by Gasteiger charge is -2.08.